The summed E-state index contributed by atoms with van der Waals surface area (Å²) in [5, 5.41) is 4.07. The summed E-state index contributed by atoms with van der Waals surface area (Å²) in [5.41, 5.74) is 0. The van der Waals surface area contributed by atoms with Crippen LogP contribution >= 0.6 is 11.8 Å². The Balaban J connectivity index is 1.92. The zero-order valence-electron chi connectivity index (χ0n) is 10.2. The van der Waals surface area contributed by atoms with E-state index in [0.717, 1.165) is 30.2 Å². The Hall–Kier alpha value is -0.230. The number of hydrogen-bond acceptors (Lipinski definition) is 4. The summed E-state index contributed by atoms with van der Waals surface area (Å²) in [6, 6.07) is 0.509. The van der Waals surface area contributed by atoms with Crippen molar-refractivity contribution in [3.63, 3.8) is 0 Å². The van der Waals surface area contributed by atoms with E-state index in [2.05, 4.69) is 17.2 Å². The van der Waals surface area contributed by atoms with Crippen LogP contribution in [-0.4, -0.2) is 42.9 Å². The number of nitrogens with zero attached hydrogens (tertiary/aromatic N) is 1. The van der Waals surface area contributed by atoms with Crippen LogP contribution in [0, 0.1) is 0 Å². The lowest BCUT2D eigenvalue weighted by molar-refractivity contribution is 0.569. The van der Waals surface area contributed by atoms with Gasteiger partial charge in [0.1, 0.15) is 0 Å². The Morgan fingerprint density at radius 1 is 1.47 bits per heavy atom. The SMILES string of the molecule is CCC1CCSC(=NCC2CCCS2(=O)=O)N1. The topological polar surface area (TPSA) is 58.5 Å². The fraction of sp³-hybridized carbons (Fsp3) is 0.909. The van der Waals surface area contributed by atoms with Crippen molar-refractivity contribution in [2.45, 2.75) is 43.9 Å². The molecule has 2 aliphatic heterocycles. The molecular weight excluding hydrogens is 256 g/mol. The molecule has 2 atom stereocenters. The molecule has 0 aromatic carbocycles. The van der Waals surface area contributed by atoms with E-state index in [1.165, 1.54) is 6.42 Å². The predicted molar refractivity (Wildman–Crippen MR) is 73.4 cm³/mol. The van der Waals surface area contributed by atoms with Gasteiger partial charge in [0.25, 0.3) is 0 Å². The molecule has 0 saturated carbocycles. The summed E-state index contributed by atoms with van der Waals surface area (Å²) in [5.74, 6) is 1.43. The van der Waals surface area contributed by atoms with Crippen LogP contribution < -0.4 is 5.32 Å². The third-order valence-corrected chi connectivity index (χ3v) is 6.65. The molecule has 2 aliphatic rings. The van der Waals surface area contributed by atoms with E-state index in [4.69, 9.17) is 0 Å². The van der Waals surface area contributed by atoms with Crippen LogP contribution in [-0.2, 0) is 9.84 Å². The molecule has 1 N–H and O–H groups in total. The second-order valence-corrected chi connectivity index (χ2v) is 8.15. The van der Waals surface area contributed by atoms with Gasteiger partial charge in [-0.3, -0.25) is 4.99 Å². The lowest BCUT2D eigenvalue weighted by Crippen LogP contribution is -2.37. The van der Waals surface area contributed by atoms with Gasteiger partial charge in [-0.05, 0) is 25.7 Å². The molecule has 0 spiro atoms. The minimum atomic E-state index is -2.85. The first-order valence-electron chi connectivity index (χ1n) is 6.27. The van der Waals surface area contributed by atoms with Gasteiger partial charge in [-0.15, -0.1) is 0 Å². The van der Waals surface area contributed by atoms with Crippen LogP contribution in [0.25, 0.3) is 0 Å². The summed E-state index contributed by atoms with van der Waals surface area (Å²) < 4.78 is 23.3. The highest BCUT2D eigenvalue weighted by molar-refractivity contribution is 8.13. The molecule has 0 amide bonds. The Bertz CT molecular complexity index is 392. The number of nitrogens with one attached hydrogen (secondary N) is 1. The minimum Gasteiger partial charge on any atom is -0.362 e. The first kappa shape index (κ1) is 13.2. The summed E-state index contributed by atoms with van der Waals surface area (Å²) in [6.07, 6.45) is 3.85. The summed E-state index contributed by atoms with van der Waals surface area (Å²) in [7, 11) is -2.85. The molecule has 2 unspecified atom stereocenters. The number of thioether (sulfide) groups is 1. The number of amidine groups is 1. The van der Waals surface area contributed by atoms with Crippen molar-refractivity contribution >= 4 is 26.8 Å². The average molecular weight is 276 g/mol. The molecular formula is C11H20N2O2S2. The standard InChI is InChI=1S/C11H20N2O2S2/c1-2-9-5-6-16-11(13-9)12-8-10-4-3-7-17(10,14)15/h9-10H,2-8H2,1H3,(H,12,13). The highest BCUT2D eigenvalue weighted by Crippen LogP contribution is 2.21. The fourth-order valence-electron chi connectivity index (χ4n) is 2.23. The van der Waals surface area contributed by atoms with Crippen molar-refractivity contribution in [3.05, 3.63) is 0 Å². The van der Waals surface area contributed by atoms with E-state index < -0.39 is 9.84 Å². The van der Waals surface area contributed by atoms with Crippen molar-refractivity contribution in [3.8, 4) is 0 Å². The number of aliphatic imine (C=N–C) groups is 1. The molecule has 0 aromatic rings. The van der Waals surface area contributed by atoms with E-state index in [-0.39, 0.29) is 5.25 Å². The summed E-state index contributed by atoms with van der Waals surface area (Å²) >= 11 is 1.71. The van der Waals surface area contributed by atoms with Gasteiger partial charge >= 0.3 is 0 Å². The molecule has 0 radical (unpaired) electrons. The van der Waals surface area contributed by atoms with Gasteiger partial charge in [0.15, 0.2) is 15.0 Å². The monoisotopic (exact) mass is 276 g/mol. The quantitative estimate of drug-likeness (QED) is 0.847. The molecule has 17 heavy (non-hydrogen) atoms. The van der Waals surface area contributed by atoms with Crippen molar-refractivity contribution in [1.29, 1.82) is 0 Å². The van der Waals surface area contributed by atoms with Crippen LogP contribution in [0.2, 0.25) is 0 Å². The largest absolute Gasteiger partial charge is 0.362 e. The maximum absolute atomic E-state index is 11.7. The van der Waals surface area contributed by atoms with Gasteiger partial charge in [0.05, 0.1) is 17.5 Å². The lowest BCUT2D eigenvalue weighted by Gasteiger charge is -2.24. The Kier molecular flexibility index (Phi) is 4.36. The molecule has 2 fully saturated rings. The Labute approximate surface area is 108 Å². The van der Waals surface area contributed by atoms with Crippen molar-refractivity contribution in [2.75, 3.05) is 18.1 Å². The van der Waals surface area contributed by atoms with Gasteiger partial charge in [-0.25, -0.2) is 8.42 Å². The van der Waals surface area contributed by atoms with Crippen LogP contribution in [0.3, 0.4) is 0 Å². The van der Waals surface area contributed by atoms with Gasteiger partial charge in [0, 0.05) is 11.8 Å². The molecule has 2 rings (SSSR count). The first-order valence-corrected chi connectivity index (χ1v) is 8.97. The molecule has 0 bridgehead atoms. The van der Waals surface area contributed by atoms with Gasteiger partial charge in [0.2, 0.25) is 0 Å². The van der Waals surface area contributed by atoms with E-state index in [1.54, 1.807) is 11.8 Å². The highest BCUT2D eigenvalue weighted by Gasteiger charge is 2.31. The van der Waals surface area contributed by atoms with Crippen LogP contribution in [0.1, 0.15) is 32.6 Å². The van der Waals surface area contributed by atoms with Crippen LogP contribution in [0.4, 0.5) is 0 Å². The Morgan fingerprint density at radius 3 is 2.94 bits per heavy atom. The molecule has 6 heteroatoms. The van der Waals surface area contributed by atoms with Crippen LogP contribution in [0.15, 0.2) is 4.99 Å². The first-order chi connectivity index (χ1) is 8.12. The molecule has 0 aliphatic carbocycles. The van der Waals surface area contributed by atoms with E-state index in [9.17, 15) is 8.42 Å². The normalized spacial score (nSPS) is 34.8. The minimum absolute atomic E-state index is 0.237. The number of rotatable bonds is 3. The molecule has 0 aromatic heterocycles. The van der Waals surface area contributed by atoms with E-state index in [1.807, 2.05) is 0 Å². The molecule has 2 saturated heterocycles. The second-order valence-electron chi connectivity index (χ2n) is 4.66. The third kappa shape index (κ3) is 3.37. The number of sulfone groups is 1. The van der Waals surface area contributed by atoms with Crippen molar-refractivity contribution in [1.82, 2.24) is 5.32 Å². The second kappa shape index (κ2) is 5.61. The fourth-order valence-corrected chi connectivity index (χ4v) is 4.97. The number of hydrogen-bond donors (Lipinski definition) is 1. The van der Waals surface area contributed by atoms with E-state index in [0.29, 0.717) is 18.3 Å². The zero-order valence-corrected chi connectivity index (χ0v) is 11.8. The highest BCUT2D eigenvalue weighted by atomic mass is 32.2. The lowest BCUT2D eigenvalue weighted by atomic mass is 10.2. The van der Waals surface area contributed by atoms with Gasteiger partial charge in [-0.1, -0.05) is 18.7 Å². The molecule has 4 nitrogen and oxygen atoms in total. The Morgan fingerprint density at radius 2 is 2.29 bits per heavy atom. The average Bonchev–Trinajstić information content (AvgIpc) is 2.66. The molecule has 2 heterocycles. The van der Waals surface area contributed by atoms with Gasteiger partial charge < -0.3 is 5.32 Å². The summed E-state index contributed by atoms with van der Waals surface area (Å²) in [6.45, 7) is 2.60. The van der Waals surface area contributed by atoms with Crippen molar-refractivity contribution < 1.29 is 8.42 Å². The third-order valence-electron chi connectivity index (χ3n) is 3.43. The van der Waals surface area contributed by atoms with Gasteiger partial charge in [-0.2, -0.15) is 0 Å². The zero-order chi connectivity index (χ0) is 12.3. The molecule has 98 valence electrons. The smallest absolute Gasteiger partial charge is 0.156 e. The summed E-state index contributed by atoms with van der Waals surface area (Å²) in [4.78, 5) is 4.45. The van der Waals surface area contributed by atoms with Crippen LogP contribution in [0.5, 0.6) is 0 Å². The maximum atomic E-state index is 11.7. The van der Waals surface area contributed by atoms with Crippen molar-refractivity contribution in [2.24, 2.45) is 4.99 Å². The predicted octanol–water partition coefficient (Wildman–Crippen LogP) is 1.42. The van der Waals surface area contributed by atoms with E-state index >= 15 is 0 Å². The maximum Gasteiger partial charge on any atom is 0.156 e.